The van der Waals surface area contributed by atoms with Gasteiger partial charge in [0.15, 0.2) is 5.65 Å². The van der Waals surface area contributed by atoms with Crippen molar-refractivity contribution in [1.29, 1.82) is 0 Å². The number of aliphatic imine (C=N–C) groups is 1. The average Bonchev–Trinajstić information content (AvgIpc) is 3.47. The topological polar surface area (TPSA) is 68.4 Å². The van der Waals surface area contributed by atoms with Crippen molar-refractivity contribution in [3.63, 3.8) is 0 Å². The molecule has 0 spiro atoms. The van der Waals surface area contributed by atoms with E-state index in [1.807, 2.05) is 18.6 Å². The molecule has 0 radical (unpaired) electrons. The van der Waals surface area contributed by atoms with Gasteiger partial charge in [0.1, 0.15) is 16.7 Å². The molecule has 2 aliphatic heterocycles. The van der Waals surface area contributed by atoms with Crippen LogP contribution in [0.5, 0.6) is 0 Å². The molecule has 4 heterocycles. The standard InChI is InChI=1S/C20H25ClN6O/c21-19-24-17(16-18(25-19)27(14-22-16)15-4-1-2-5-15)20(6-3-8-23-20)7-9-26-10-12-28-13-11-26/h3,6,8,14-15H,1-2,4-5,7,9-13H2. The maximum Gasteiger partial charge on any atom is 0.224 e. The molecule has 0 N–H and O–H groups in total. The Morgan fingerprint density at radius 3 is 2.75 bits per heavy atom. The second-order valence-corrected chi connectivity index (χ2v) is 8.21. The summed E-state index contributed by atoms with van der Waals surface area (Å²) in [6.07, 6.45) is 13.6. The van der Waals surface area contributed by atoms with Gasteiger partial charge in [-0.2, -0.15) is 4.98 Å². The highest BCUT2D eigenvalue weighted by Crippen LogP contribution is 2.38. The van der Waals surface area contributed by atoms with Gasteiger partial charge in [-0.3, -0.25) is 9.89 Å². The molecule has 2 fully saturated rings. The van der Waals surface area contributed by atoms with E-state index >= 15 is 0 Å². The van der Waals surface area contributed by atoms with Crippen LogP contribution < -0.4 is 0 Å². The van der Waals surface area contributed by atoms with Crippen LogP contribution in [0, 0.1) is 0 Å². The van der Waals surface area contributed by atoms with Crippen molar-refractivity contribution in [3.05, 3.63) is 29.5 Å². The number of aromatic nitrogens is 4. The molecule has 0 bridgehead atoms. The van der Waals surface area contributed by atoms with Gasteiger partial charge in [0, 0.05) is 31.9 Å². The van der Waals surface area contributed by atoms with Crippen LogP contribution >= 0.6 is 11.6 Å². The van der Waals surface area contributed by atoms with Gasteiger partial charge in [0.05, 0.1) is 19.5 Å². The third-order valence-electron chi connectivity index (χ3n) is 6.20. The van der Waals surface area contributed by atoms with Gasteiger partial charge in [-0.15, -0.1) is 0 Å². The van der Waals surface area contributed by atoms with Crippen molar-refractivity contribution < 1.29 is 4.74 Å². The van der Waals surface area contributed by atoms with Crippen LogP contribution in [0.3, 0.4) is 0 Å². The first-order chi connectivity index (χ1) is 13.8. The highest BCUT2D eigenvalue weighted by atomic mass is 35.5. The van der Waals surface area contributed by atoms with E-state index in [0.29, 0.717) is 6.04 Å². The van der Waals surface area contributed by atoms with Crippen molar-refractivity contribution in [1.82, 2.24) is 24.4 Å². The summed E-state index contributed by atoms with van der Waals surface area (Å²) < 4.78 is 7.66. The highest BCUT2D eigenvalue weighted by molar-refractivity contribution is 6.28. The Bertz CT molecular complexity index is 899. The predicted octanol–water partition coefficient (Wildman–Crippen LogP) is 3.15. The molecule has 1 aliphatic carbocycles. The number of halogens is 1. The molecule has 1 unspecified atom stereocenters. The highest BCUT2D eigenvalue weighted by Gasteiger charge is 2.36. The fourth-order valence-corrected chi connectivity index (χ4v) is 4.79. The lowest BCUT2D eigenvalue weighted by atomic mass is 9.91. The zero-order valence-corrected chi connectivity index (χ0v) is 16.7. The van der Waals surface area contributed by atoms with E-state index in [0.717, 1.165) is 56.1 Å². The number of nitrogens with zero attached hydrogens (tertiary/aromatic N) is 6. The van der Waals surface area contributed by atoms with E-state index in [9.17, 15) is 0 Å². The maximum atomic E-state index is 6.38. The summed E-state index contributed by atoms with van der Waals surface area (Å²) in [6, 6.07) is 0.454. The summed E-state index contributed by atoms with van der Waals surface area (Å²) in [6.45, 7) is 4.43. The Kier molecular flexibility index (Phi) is 4.90. The van der Waals surface area contributed by atoms with E-state index in [2.05, 4.69) is 25.5 Å². The second-order valence-electron chi connectivity index (χ2n) is 7.87. The van der Waals surface area contributed by atoms with Crippen LogP contribution in [0.4, 0.5) is 0 Å². The van der Waals surface area contributed by atoms with E-state index in [-0.39, 0.29) is 5.28 Å². The van der Waals surface area contributed by atoms with Crippen molar-refractivity contribution in [2.75, 3.05) is 32.8 Å². The van der Waals surface area contributed by atoms with E-state index in [1.165, 1.54) is 25.7 Å². The molecular formula is C20H25ClN6O. The lowest BCUT2D eigenvalue weighted by Gasteiger charge is -2.31. The number of ether oxygens (including phenoxy) is 1. The average molecular weight is 401 g/mol. The maximum absolute atomic E-state index is 6.38. The van der Waals surface area contributed by atoms with Crippen LogP contribution in [-0.4, -0.2) is 63.5 Å². The summed E-state index contributed by atoms with van der Waals surface area (Å²) >= 11 is 6.38. The molecule has 28 heavy (non-hydrogen) atoms. The van der Waals surface area contributed by atoms with Gasteiger partial charge in [0.25, 0.3) is 0 Å². The number of imidazole rings is 1. The smallest absolute Gasteiger partial charge is 0.224 e. The Balaban J connectivity index is 1.52. The molecular weight excluding hydrogens is 376 g/mol. The minimum Gasteiger partial charge on any atom is -0.379 e. The third kappa shape index (κ3) is 3.25. The lowest BCUT2D eigenvalue weighted by molar-refractivity contribution is 0.0354. The number of allylic oxidation sites excluding steroid dienone is 1. The molecule has 8 heteroatoms. The molecule has 1 saturated heterocycles. The second kappa shape index (κ2) is 7.54. The van der Waals surface area contributed by atoms with Crippen molar-refractivity contribution >= 4 is 29.0 Å². The van der Waals surface area contributed by atoms with Gasteiger partial charge in [-0.05, 0) is 43.0 Å². The first kappa shape index (κ1) is 18.2. The lowest BCUT2D eigenvalue weighted by Crippen LogP contribution is -2.39. The largest absolute Gasteiger partial charge is 0.379 e. The molecule has 3 aliphatic rings. The summed E-state index contributed by atoms with van der Waals surface area (Å²) in [5.41, 5.74) is 1.94. The number of rotatable bonds is 5. The molecule has 2 aromatic heterocycles. The Morgan fingerprint density at radius 1 is 1.18 bits per heavy atom. The van der Waals surface area contributed by atoms with Gasteiger partial charge in [-0.25, -0.2) is 9.97 Å². The molecule has 1 saturated carbocycles. The number of fused-ring (bicyclic) bond motifs is 1. The Hall–Kier alpha value is -1.83. The van der Waals surface area contributed by atoms with Crippen LogP contribution in [0.15, 0.2) is 23.5 Å². The van der Waals surface area contributed by atoms with Crippen LogP contribution in [0.25, 0.3) is 11.2 Å². The van der Waals surface area contributed by atoms with Crippen LogP contribution in [0.1, 0.15) is 43.8 Å². The SMILES string of the molecule is Clc1nc(C2(CCN3CCOCC3)C=CC=N2)c2ncn(C3CCCC3)c2n1. The van der Waals surface area contributed by atoms with Crippen LogP contribution in [0.2, 0.25) is 5.28 Å². The zero-order valence-electron chi connectivity index (χ0n) is 15.9. The van der Waals surface area contributed by atoms with Gasteiger partial charge in [-0.1, -0.05) is 12.8 Å². The minimum absolute atomic E-state index is 0.267. The number of morpholine rings is 1. The monoisotopic (exact) mass is 400 g/mol. The zero-order chi connectivity index (χ0) is 19.0. The minimum atomic E-state index is -0.530. The Labute approximate surface area is 169 Å². The molecule has 5 rings (SSSR count). The summed E-state index contributed by atoms with van der Waals surface area (Å²) in [7, 11) is 0. The molecule has 7 nitrogen and oxygen atoms in total. The van der Waals surface area contributed by atoms with Crippen molar-refractivity contribution in [2.24, 2.45) is 4.99 Å². The quantitative estimate of drug-likeness (QED) is 0.721. The summed E-state index contributed by atoms with van der Waals surface area (Å²) in [5.74, 6) is 0. The first-order valence-corrected chi connectivity index (χ1v) is 10.6. The number of hydrogen-bond acceptors (Lipinski definition) is 6. The van der Waals surface area contributed by atoms with E-state index in [1.54, 1.807) is 0 Å². The van der Waals surface area contributed by atoms with Crippen molar-refractivity contribution in [3.8, 4) is 0 Å². The van der Waals surface area contributed by atoms with E-state index in [4.69, 9.17) is 26.3 Å². The predicted molar refractivity (Wildman–Crippen MR) is 109 cm³/mol. The van der Waals surface area contributed by atoms with Gasteiger partial charge >= 0.3 is 0 Å². The van der Waals surface area contributed by atoms with Gasteiger partial charge < -0.3 is 9.30 Å². The molecule has 148 valence electrons. The van der Waals surface area contributed by atoms with Gasteiger partial charge in [0.2, 0.25) is 5.28 Å². The number of hydrogen-bond donors (Lipinski definition) is 0. The fourth-order valence-electron chi connectivity index (χ4n) is 4.62. The summed E-state index contributed by atoms with van der Waals surface area (Å²) in [5, 5.41) is 0.267. The van der Waals surface area contributed by atoms with E-state index < -0.39 is 5.54 Å². The first-order valence-electron chi connectivity index (χ1n) is 10.2. The van der Waals surface area contributed by atoms with Crippen molar-refractivity contribution in [2.45, 2.75) is 43.7 Å². The van der Waals surface area contributed by atoms with Crippen LogP contribution in [-0.2, 0) is 10.3 Å². The summed E-state index contributed by atoms with van der Waals surface area (Å²) in [4.78, 5) is 21.1. The molecule has 0 aromatic carbocycles. The Morgan fingerprint density at radius 2 is 2.00 bits per heavy atom. The molecule has 0 amide bonds. The molecule has 1 atom stereocenters. The normalized spacial score (nSPS) is 26.0. The fraction of sp³-hybridized carbons (Fsp3) is 0.600. The molecule has 2 aromatic rings. The third-order valence-corrected chi connectivity index (χ3v) is 6.37.